The lowest BCUT2D eigenvalue weighted by Gasteiger charge is -2.26. The van der Waals surface area contributed by atoms with E-state index in [-0.39, 0.29) is 28.2 Å². The van der Waals surface area contributed by atoms with Crippen LogP contribution in [0, 0.1) is 0 Å². The summed E-state index contributed by atoms with van der Waals surface area (Å²) in [4.78, 5) is 52.5. The van der Waals surface area contributed by atoms with Crippen LogP contribution in [0.3, 0.4) is 0 Å². The average molecular weight is 652 g/mol. The van der Waals surface area contributed by atoms with Crippen molar-refractivity contribution in [2.24, 2.45) is 0 Å². The molecule has 11 nitrogen and oxygen atoms in total. The Hall–Kier alpha value is -4.62. The van der Waals surface area contributed by atoms with Crippen molar-refractivity contribution in [3.8, 4) is 33.4 Å². The molecule has 3 aromatic carbocycles. The third-order valence-electron chi connectivity index (χ3n) is 7.09. The summed E-state index contributed by atoms with van der Waals surface area (Å²) in [5.41, 5.74) is 1.43. The average Bonchev–Trinajstić information content (AvgIpc) is 3.37. The Bertz CT molecular complexity index is 1690. The molecule has 0 spiro atoms. The van der Waals surface area contributed by atoms with Crippen LogP contribution in [0.4, 0.5) is 0 Å². The van der Waals surface area contributed by atoms with Crippen LogP contribution in [0.15, 0.2) is 60.7 Å². The van der Waals surface area contributed by atoms with Crippen molar-refractivity contribution in [1.29, 1.82) is 0 Å². The standard InChI is InChI=1S/C34H33NO8S.2H2O/c1-21(36)41-27-13-9-25(10-14-27)34-32(31-29(43-23(3)38)19-28(42-22(2)37)20-30(31)44-34)33(39)24-7-11-26(12-8-24)40-18-17-35-15-5-4-6-16-35;;/h7-14,19-20H,4-6,15-18H2,1-3H3;2*1H2. The zero-order valence-corrected chi connectivity index (χ0v) is 26.7. The summed E-state index contributed by atoms with van der Waals surface area (Å²) in [6, 6.07) is 16.8. The number of hydrogen-bond donors (Lipinski definition) is 0. The molecule has 0 bridgehead atoms. The number of rotatable bonds is 10. The first-order valence-corrected chi connectivity index (χ1v) is 15.3. The van der Waals surface area contributed by atoms with E-state index in [0.717, 1.165) is 19.6 Å². The second-order valence-corrected chi connectivity index (χ2v) is 11.6. The molecule has 1 saturated heterocycles. The van der Waals surface area contributed by atoms with Gasteiger partial charge in [-0.15, -0.1) is 11.3 Å². The molecule has 4 N–H and O–H groups in total. The summed E-state index contributed by atoms with van der Waals surface area (Å²) in [5.74, 6) is -0.539. The lowest BCUT2D eigenvalue weighted by Crippen LogP contribution is -2.33. The number of ether oxygens (including phenoxy) is 4. The predicted octanol–water partition coefficient (Wildman–Crippen LogP) is 4.79. The second kappa shape index (κ2) is 16.1. The third-order valence-corrected chi connectivity index (χ3v) is 8.28. The van der Waals surface area contributed by atoms with Gasteiger partial charge in [-0.25, -0.2) is 0 Å². The fourth-order valence-corrected chi connectivity index (χ4v) is 6.46. The van der Waals surface area contributed by atoms with Crippen LogP contribution in [0.5, 0.6) is 23.0 Å². The maximum atomic E-state index is 14.2. The van der Waals surface area contributed by atoms with Gasteiger partial charge >= 0.3 is 17.9 Å². The number of piperidine rings is 1. The van der Waals surface area contributed by atoms with E-state index in [1.54, 1.807) is 54.6 Å². The number of benzene rings is 3. The van der Waals surface area contributed by atoms with Gasteiger partial charge in [0.15, 0.2) is 5.78 Å². The van der Waals surface area contributed by atoms with Gasteiger partial charge in [-0.05, 0) is 86.1 Å². The van der Waals surface area contributed by atoms with Crippen molar-refractivity contribution in [3.05, 3.63) is 71.8 Å². The van der Waals surface area contributed by atoms with Gasteiger partial charge in [-0.3, -0.25) is 24.1 Å². The summed E-state index contributed by atoms with van der Waals surface area (Å²) >= 11 is 1.29. The number of ketones is 1. The van der Waals surface area contributed by atoms with Crippen LogP contribution < -0.4 is 18.9 Å². The van der Waals surface area contributed by atoms with Gasteiger partial charge in [0.2, 0.25) is 0 Å². The first-order valence-electron chi connectivity index (χ1n) is 14.4. The van der Waals surface area contributed by atoms with E-state index in [2.05, 4.69) is 4.90 Å². The van der Waals surface area contributed by atoms with Crippen LogP contribution in [0.1, 0.15) is 56.0 Å². The smallest absolute Gasteiger partial charge is 0.308 e. The number of carbonyl (C=O) groups is 4. The molecule has 1 aromatic heterocycles. The molecular weight excluding hydrogens is 614 g/mol. The SMILES string of the molecule is CC(=O)Oc1ccc(-c2sc3cc(OC(C)=O)cc(OC(C)=O)c3c2C(=O)c2ccc(OCCN3CCCCC3)cc2)cc1.O.O. The molecule has 5 rings (SSSR count). The second-order valence-electron chi connectivity index (χ2n) is 10.5. The van der Waals surface area contributed by atoms with Crippen molar-refractivity contribution in [2.75, 3.05) is 26.2 Å². The summed E-state index contributed by atoms with van der Waals surface area (Å²) in [5, 5.41) is 0.423. The Morgan fingerprint density at radius 2 is 1.30 bits per heavy atom. The minimum atomic E-state index is -0.589. The molecule has 1 aliphatic rings. The fraction of sp³-hybridized carbons (Fsp3) is 0.294. The summed E-state index contributed by atoms with van der Waals surface area (Å²) in [7, 11) is 0. The van der Waals surface area contributed by atoms with Crippen LogP contribution in [0.2, 0.25) is 0 Å². The van der Waals surface area contributed by atoms with Crippen LogP contribution >= 0.6 is 11.3 Å². The van der Waals surface area contributed by atoms with E-state index in [9.17, 15) is 19.2 Å². The van der Waals surface area contributed by atoms with Crippen molar-refractivity contribution in [3.63, 3.8) is 0 Å². The molecule has 0 atom stereocenters. The largest absolute Gasteiger partial charge is 0.492 e. The number of likely N-dealkylation sites (tertiary alicyclic amines) is 1. The summed E-state index contributed by atoms with van der Waals surface area (Å²) in [6.45, 7) is 7.46. The minimum absolute atomic E-state index is 0. The highest BCUT2D eigenvalue weighted by atomic mass is 32.1. The highest BCUT2D eigenvalue weighted by Crippen LogP contribution is 2.46. The number of hydrogen-bond acceptors (Lipinski definition) is 10. The van der Waals surface area contributed by atoms with E-state index >= 15 is 0 Å². The zero-order chi connectivity index (χ0) is 31.2. The number of nitrogens with zero attached hydrogens (tertiary/aromatic N) is 1. The normalized spacial score (nSPS) is 12.8. The van der Waals surface area contributed by atoms with Gasteiger partial charge in [-0.1, -0.05) is 6.42 Å². The maximum Gasteiger partial charge on any atom is 0.308 e. The number of carbonyl (C=O) groups excluding carboxylic acids is 4. The highest BCUT2D eigenvalue weighted by Gasteiger charge is 2.26. The Morgan fingerprint density at radius 3 is 1.91 bits per heavy atom. The van der Waals surface area contributed by atoms with Gasteiger partial charge in [0.05, 0.1) is 5.56 Å². The quantitative estimate of drug-likeness (QED) is 0.133. The number of fused-ring (bicyclic) bond motifs is 1. The highest BCUT2D eigenvalue weighted by molar-refractivity contribution is 7.23. The molecule has 12 heteroatoms. The number of thiophene rings is 1. The molecule has 4 aromatic rings. The van der Waals surface area contributed by atoms with Crippen LogP contribution in [0.25, 0.3) is 20.5 Å². The Morgan fingerprint density at radius 1 is 0.717 bits per heavy atom. The summed E-state index contributed by atoms with van der Waals surface area (Å²) in [6.07, 6.45) is 3.72. The zero-order valence-electron chi connectivity index (χ0n) is 25.8. The molecule has 0 aliphatic carbocycles. The monoisotopic (exact) mass is 651 g/mol. The van der Waals surface area contributed by atoms with E-state index in [1.807, 2.05) is 0 Å². The van der Waals surface area contributed by atoms with Crippen molar-refractivity contribution >= 4 is 45.1 Å². The first kappa shape index (κ1) is 35.9. The molecule has 244 valence electrons. The Kier molecular flexibility index (Phi) is 12.5. The molecular formula is C34H37NO10S. The van der Waals surface area contributed by atoms with Gasteiger partial charge in [0.1, 0.15) is 29.6 Å². The topological polar surface area (TPSA) is 171 Å². The van der Waals surface area contributed by atoms with Gasteiger partial charge in [0, 0.05) is 53.9 Å². The van der Waals surface area contributed by atoms with Crippen molar-refractivity contribution in [1.82, 2.24) is 4.90 Å². The Labute approximate surface area is 270 Å². The van der Waals surface area contributed by atoms with E-state index in [1.165, 1.54) is 57.4 Å². The van der Waals surface area contributed by atoms with E-state index in [4.69, 9.17) is 18.9 Å². The third kappa shape index (κ3) is 8.76. The fourth-order valence-electron chi connectivity index (χ4n) is 5.21. The molecule has 0 radical (unpaired) electrons. The van der Waals surface area contributed by atoms with Gasteiger partial charge < -0.3 is 29.9 Å². The molecule has 1 aliphatic heterocycles. The van der Waals surface area contributed by atoms with Crippen molar-refractivity contribution in [2.45, 2.75) is 40.0 Å². The minimum Gasteiger partial charge on any atom is -0.492 e. The molecule has 2 heterocycles. The van der Waals surface area contributed by atoms with E-state index in [0.29, 0.717) is 49.8 Å². The van der Waals surface area contributed by atoms with Gasteiger partial charge in [0.25, 0.3) is 0 Å². The lowest BCUT2D eigenvalue weighted by atomic mass is 9.97. The first-order chi connectivity index (χ1) is 21.2. The molecule has 1 fully saturated rings. The maximum absolute atomic E-state index is 14.2. The molecule has 0 amide bonds. The van der Waals surface area contributed by atoms with E-state index < -0.39 is 17.9 Å². The lowest BCUT2D eigenvalue weighted by molar-refractivity contribution is -0.133. The van der Waals surface area contributed by atoms with Crippen LogP contribution in [-0.2, 0) is 14.4 Å². The van der Waals surface area contributed by atoms with Gasteiger partial charge in [-0.2, -0.15) is 0 Å². The number of esters is 3. The van der Waals surface area contributed by atoms with Crippen molar-refractivity contribution < 1.29 is 49.1 Å². The Balaban J connectivity index is 0.00000288. The summed E-state index contributed by atoms with van der Waals surface area (Å²) < 4.78 is 22.6. The van der Waals surface area contributed by atoms with Crippen LogP contribution in [-0.4, -0.2) is 65.8 Å². The molecule has 0 unspecified atom stereocenters. The predicted molar refractivity (Wildman–Crippen MR) is 174 cm³/mol. The molecule has 0 saturated carbocycles. The molecule has 46 heavy (non-hydrogen) atoms.